The highest BCUT2D eigenvalue weighted by Crippen LogP contribution is 2.13. The Hall–Kier alpha value is -1.88. The van der Waals surface area contributed by atoms with Crippen molar-refractivity contribution >= 4 is 11.9 Å². The highest BCUT2D eigenvalue weighted by atomic mass is 16.4. The smallest absolute Gasteiger partial charge is 0.327 e. The molecule has 0 radical (unpaired) electrons. The fraction of sp³-hybridized carbons (Fsp3) is 0.385. The van der Waals surface area contributed by atoms with Crippen LogP contribution in [0.4, 0.5) is 0 Å². The second-order valence-corrected chi connectivity index (χ2v) is 4.51. The van der Waals surface area contributed by atoms with Gasteiger partial charge >= 0.3 is 5.97 Å². The summed E-state index contributed by atoms with van der Waals surface area (Å²) in [5.74, 6) is -1.10. The summed E-state index contributed by atoms with van der Waals surface area (Å²) in [6, 6.07) is 8.98. The van der Waals surface area contributed by atoms with Gasteiger partial charge in [0.1, 0.15) is 6.04 Å². The normalized spacial score (nSPS) is 21.1. The molecule has 5 nitrogen and oxygen atoms in total. The van der Waals surface area contributed by atoms with Gasteiger partial charge in [0.25, 0.3) is 0 Å². The topological polar surface area (TPSA) is 60.9 Å². The van der Waals surface area contributed by atoms with E-state index >= 15 is 0 Å². The van der Waals surface area contributed by atoms with Crippen LogP contribution in [0.2, 0.25) is 0 Å². The van der Waals surface area contributed by atoms with E-state index < -0.39 is 12.0 Å². The van der Waals surface area contributed by atoms with Crippen molar-refractivity contribution in [1.82, 2.24) is 9.80 Å². The van der Waals surface area contributed by atoms with Gasteiger partial charge in [0.2, 0.25) is 5.91 Å². The van der Waals surface area contributed by atoms with Gasteiger partial charge in [-0.05, 0) is 5.56 Å². The first-order valence-corrected chi connectivity index (χ1v) is 5.82. The van der Waals surface area contributed by atoms with E-state index in [1.165, 1.54) is 4.90 Å². The number of hydrogen-bond donors (Lipinski definition) is 1. The number of carboxylic acids is 1. The third-order valence-electron chi connectivity index (χ3n) is 3.18. The minimum absolute atomic E-state index is 0.149. The second-order valence-electron chi connectivity index (χ2n) is 4.51. The molecule has 1 aliphatic heterocycles. The van der Waals surface area contributed by atoms with Crippen LogP contribution in [-0.2, 0) is 16.1 Å². The van der Waals surface area contributed by atoms with Gasteiger partial charge in [-0.2, -0.15) is 0 Å². The van der Waals surface area contributed by atoms with E-state index in [2.05, 4.69) is 0 Å². The lowest BCUT2D eigenvalue weighted by atomic mass is 10.1. The van der Waals surface area contributed by atoms with Crippen molar-refractivity contribution in [1.29, 1.82) is 0 Å². The molecule has 0 aliphatic carbocycles. The van der Waals surface area contributed by atoms with E-state index in [-0.39, 0.29) is 12.5 Å². The van der Waals surface area contributed by atoms with Gasteiger partial charge in [0.05, 0.1) is 6.54 Å². The molecule has 1 atom stereocenters. The number of piperazine rings is 1. The number of likely N-dealkylation sites (N-methyl/N-ethyl adjacent to an activating group) is 1. The Bertz CT molecular complexity index is 447. The van der Waals surface area contributed by atoms with Gasteiger partial charge in [-0.25, -0.2) is 4.79 Å². The quantitative estimate of drug-likeness (QED) is 0.842. The Kier molecular flexibility index (Phi) is 3.62. The Morgan fingerprint density at radius 1 is 1.39 bits per heavy atom. The van der Waals surface area contributed by atoms with Crippen molar-refractivity contribution in [2.45, 2.75) is 12.6 Å². The van der Waals surface area contributed by atoms with Crippen molar-refractivity contribution in [3.63, 3.8) is 0 Å². The lowest BCUT2D eigenvalue weighted by Gasteiger charge is -2.36. The van der Waals surface area contributed by atoms with Crippen LogP contribution < -0.4 is 0 Å². The van der Waals surface area contributed by atoms with Crippen LogP contribution in [-0.4, -0.2) is 53.0 Å². The second kappa shape index (κ2) is 5.18. The van der Waals surface area contributed by atoms with Gasteiger partial charge in [0.15, 0.2) is 0 Å². The molecule has 1 aliphatic rings. The first-order valence-electron chi connectivity index (χ1n) is 5.82. The van der Waals surface area contributed by atoms with Crippen LogP contribution in [0.15, 0.2) is 30.3 Å². The number of carbonyl (C=O) groups is 2. The molecule has 1 amide bonds. The van der Waals surface area contributed by atoms with Gasteiger partial charge in [-0.1, -0.05) is 30.3 Å². The van der Waals surface area contributed by atoms with Gasteiger partial charge < -0.3 is 10.0 Å². The zero-order chi connectivity index (χ0) is 13.1. The molecular formula is C13H16N2O3. The minimum Gasteiger partial charge on any atom is -0.480 e. The number of benzene rings is 1. The first-order chi connectivity index (χ1) is 8.58. The molecule has 1 heterocycles. The zero-order valence-electron chi connectivity index (χ0n) is 10.2. The average Bonchev–Trinajstić information content (AvgIpc) is 2.34. The average molecular weight is 248 g/mol. The summed E-state index contributed by atoms with van der Waals surface area (Å²) in [5.41, 5.74) is 1.08. The molecule has 96 valence electrons. The summed E-state index contributed by atoms with van der Waals surface area (Å²) >= 11 is 0. The van der Waals surface area contributed by atoms with Gasteiger partial charge in [-0.15, -0.1) is 0 Å². The van der Waals surface area contributed by atoms with Crippen molar-refractivity contribution in [2.75, 3.05) is 20.1 Å². The molecule has 1 fully saturated rings. The van der Waals surface area contributed by atoms with E-state index in [0.29, 0.717) is 13.1 Å². The summed E-state index contributed by atoms with van der Waals surface area (Å²) in [6.07, 6.45) is 0. The van der Waals surface area contributed by atoms with E-state index in [1.54, 1.807) is 7.05 Å². The molecule has 1 unspecified atom stereocenters. The number of carbonyl (C=O) groups excluding carboxylic acids is 1. The first kappa shape index (κ1) is 12.6. The Balaban J connectivity index is 2.06. The lowest BCUT2D eigenvalue weighted by molar-refractivity contribution is -0.154. The molecule has 0 spiro atoms. The fourth-order valence-electron chi connectivity index (χ4n) is 2.11. The summed E-state index contributed by atoms with van der Waals surface area (Å²) in [5, 5.41) is 9.09. The maximum absolute atomic E-state index is 11.7. The lowest BCUT2D eigenvalue weighted by Crippen LogP contribution is -2.57. The number of rotatable bonds is 3. The van der Waals surface area contributed by atoms with Crippen LogP contribution >= 0.6 is 0 Å². The summed E-state index contributed by atoms with van der Waals surface area (Å²) in [4.78, 5) is 26.0. The summed E-state index contributed by atoms with van der Waals surface area (Å²) < 4.78 is 0. The number of hydrogen-bond acceptors (Lipinski definition) is 3. The highest BCUT2D eigenvalue weighted by molar-refractivity contribution is 5.86. The largest absolute Gasteiger partial charge is 0.480 e. The van der Waals surface area contributed by atoms with Crippen molar-refractivity contribution in [2.24, 2.45) is 0 Å². The molecule has 1 aromatic carbocycles. The van der Waals surface area contributed by atoms with Gasteiger partial charge in [0, 0.05) is 20.1 Å². The predicted molar refractivity (Wildman–Crippen MR) is 65.9 cm³/mol. The SMILES string of the molecule is CN1C(=O)CN(Cc2ccccc2)CC1C(=O)O. The molecular weight excluding hydrogens is 232 g/mol. The third kappa shape index (κ3) is 2.68. The third-order valence-corrected chi connectivity index (χ3v) is 3.18. The number of aliphatic carboxylic acids is 1. The summed E-state index contributed by atoms with van der Waals surface area (Å²) in [6.45, 7) is 1.24. The van der Waals surface area contributed by atoms with Crippen LogP contribution in [0.5, 0.6) is 0 Å². The van der Waals surface area contributed by atoms with E-state index in [4.69, 9.17) is 5.11 Å². The van der Waals surface area contributed by atoms with E-state index in [1.807, 2.05) is 35.2 Å². The molecule has 1 N–H and O–H groups in total. The highest BCUT2D eigenvalue weighted by Gasteiger charge is 2.34. The molecule has 0 aromatic heterocycles. The molecule has 5 heteroatoms. The molecule has 18 heavy (non-hydrogen) atoms. The maximum atomic E-state index is 11.7. The van der Waals surface area contributed by atoms with Crippen molar-refractivity contribution in [3.8, 4) is 0 Å². The zero-order valence-corrected chi connectivity index (χ0v) is 10.2. The molecule has 1 saturated heterocycles. The standard InChI is InChI=1S/C13H16N2O3/c1-14-11(13(17)18)8-15(9-12(14)16)7-10-5-3-2-4-6-10/h2-6,11H,7-9H2,1H3,(H,17,18). The fourth-order valence-corrected chi connectivity index (χ4v) is 2.11. The molecule has 2 rings (SSSR count). The molecule has 1 aromatic rings. The number of amides is 1. The molecule has 0 saturated carbocycles. The maximum Gasteiger partial charge on any atom is 0.327 e. The van der Waals surface area contributed by atoms with Crippen LogP contribution in [0.3, 0.4) is 0 Å². The molecule has 0 bridgehead atoms. The van der Waals surface area contributed by atoms with Crippen LogP contribution in [0.1, 0.15) is 5.56 Å². The van der Waals surface area contributed by atoms with Crippen LogP contribution in [0.25, 0.3) is 0 Å². The minimum atomic E-state index is -0.955. The van der Waals surface area contributed by atoms with Crippen LogP contribution in [0, 0.1) is 0 Å². The monoisotopic (exact) mass is 248 g/mol. The number of nitrogens with zero attached hydrogens (tertiary/aromatic N) is 2. The van der Waals surface area contributed by atoms with Crippen molar-refractivity contribution < 1.29 is 14.7 Å². The number of carboxylic acid groups (broad SMARTS) is 1. The van der Waals surface area contributed by atoms with Crippen molar-refractivity contribution in [3.05, 3.63) is 35.9 Å². The predicted octanol–water partition coefficient (Wildman–Crippen LogP) is 0.414. The van der Waals surface area contributed by atoms with E-state index in [0.717, 1.165) is 5.56 Å². The van der Waals surface area contributed by atoms with E-state index in [9.17, 15) is 9.59 Å². The Morgan fingerprint density at radius 3 is 2.67 bits per heavy atom. The van der Waals surface area contributed by atoms with Gasteiger partial charge in [-0.3, -0.25) is 9.69 Å². The Morgan fingerprint density at radius 2 is 2.06 bits per heavy atom. The Labute approximate surface area is 106 Å². The summed E-state index contributed by atoms with van der Waals surface area (Å²) in [7, 11) is 1.54.